The van der Waals surface area contributed by atoms with Crippen molar-refractivity contribution in [2.75, 3.05) is 37.6 Å². The summed E-state index contributed by atoms with van der Waals surface area (Å²) in [6.45, 7) is 2.39. The Morgan fingerprint density at radius 2 is 2.06 bits per heavy atom. The van der Waals surface area contributed by atoms with Crippen LogP contribution in [0.2, 0.25) is 5.02 Å². The number of methoxy groups -OCH3 is 1. The maximum atomic E-state index is 13.3. The van der Waals surface area contributed by atoms with Crippen LogP contribution in [0, 0.1) is 0 Å². The minimum Gasteiger partial charge on any atom is -0.493 e. The van der Waals surface area contributed by atoms with E-state index in [2.05, 4.69) is 4.99 Å². The van der Waals surface area contributed by atoms with Crippen LogP contribution in [0.3, 0.4) is 0 Å². The van der Waals surface area contributed by atoms with Gasteiger partial charge in [-0.3, -0.25) is 14.5 Å². The predicted octanol–water partition coefficient (Wildman–Crippen LogP) is 4.15. The second kappa shape index (κ2) is 12.5. The molecule has 2 aromatic carbocycles. The SMILES string of the molecule is CCOC(=O)CSC1=N/C(=C\c2ccc(OCCCO)c(OC)c2)C(=O)N1c1cccc(Cl)c1. The molecule has 1 aliphatic heterocycles. The van der Waals surface area contributed by atoms with Crippen LogP contribution in [-0.2, 0) is 14.3 Å². The van der Waals surface area contributed by atoms with E-state index < -0.39 is 5.97 Å². The molecule has 1 heterocycles. The van der Waals surface area contributed by atoms with E-state index in [0.29, 0.717) is 46.0 Å². The van der Waals surface area contributed by atoms with Gasteiger partial charge in [0.15, 0.2) is 16.7 Å². The molecule has 0 aromatic heterocycles. The molecular weight excluding hydrogens is 480 g/mol. The lowest BCUT2D eigenvalue weighted by Crippen LogP contribution is -2.31. The summed E-state index contributed by atoms with van der Waals surface area (Å²) in [6.07, 6.45) is 2.14. The van der Waals surface area contributed by atoms with Crippen molar-refractivity contribution >= 4 is 52.2 Å². The monoisotopic (exact) mass is 504 g/mol. The fourth-order valence-electron chi connectivity index (χ4n) is 3.06. The Labute approximate surface area is 207 Å². The zero-order chi connectivity index (χ0) is 24.5. The molecule has 0 saturated heterocycles. The summed E-state index contributed by atoms with van der Waals surface area (Å²) < 4.78 is 16.0. The third-order valence-corrected chi connectivity index (χ3v) is 5.72. The number of ether oxygens (including phenoxy) is 3. The average molecular weight is 505 g/mol. The second-order valence-electron chi connectivity index (χ2n) is 6.97. The average Bonchev–Trinajstić information content (AvgIpc) is 3.13. The quantitative estimate of drug-likeness (QED) is 0.295. The van der Waals surface area contributed by atoms with Crippen molar-refractivity contribution in [3.63, 3.8) is 0 Å². The van der Waals surface area contributed by atoms with Crippen LogP contribution in [0.1, 0.15) is 18.9 Å². The number of halogens is 1. The van der Waals surface area contributed by atoms with Gasteiger partial charge in [0.1, 0.15) is 5.70 Å². The molecule has 180 valence electrons. The Morgan fingerprint density at radius 3 is 2.76 bits per heavy atom. The summed E-state index contributed by atoms with van der Waals surface area (Å²) in [5, 5.41) is 9.75. The van der Waals surface area contributed by atoms with E-state index in [4.69, 9.17) is 30.9 Å². The van der Waals surface area contributed by atoms with E-state index in [9.17, 15) is 9.59 Å². The van der Waals surface area contributed by atoms with Gasteiger partial charge in [-0.2, -0.15) is 0 Å². The first kappa shape index (κ1) is 25.6. The highest BCUT2D eigenvalue weighted by atomic mass is 35.5. The van der Waals surface area contributed by atoms with Crippen molar-refractivity contribution in [3.05, 3.63) is 58.7 Å². The number of carbonyl (C=O) groups is 2. The zero-order valence-electron chi connectivity index (χ0n) is 18.8. The van der Waals surface area contributed by atoms with E-state index in [0.717, 1.165) is 11.8 Å². The molecule has 0 saturated carbocycles. The number of aliphatic hydroxyl groups is 1. The zero-order valence-corrected chi connectivity index (χ0v) is 20.4. The fraction of sp³-hybridized carbons (Fsp3) is 0.292. The number of nitrogens with zero attached hydrogens (tertiary/aromatic N) is 2. The molecule has 0 spiro atoms. The smallest absolute Gasteiger partial charge is 0.316 e. The first-order chi connectivity index (χ1) is 16.5. The van der Waals surface area contributed by atoms with Crippen molar-refractivity contribution in [2.45, 2.75) is 13.3 Å². The van der Waals surface area contributed by atoms with Crippen LogP contribution < -0.4 is 14.4 Å². The minimum absolute atomic E-state index is 0.0119. The molecule has 0 aliphatic carbocycles. The summed E-state index contributed by atoms with van der Waals surface area (Å²) in [6, 6.07) is 12.1. The summed E-state index contributed by atoms with van der Waals surface area (Å²) in [5.74, 6) is 0.289. The highest BCUT2D eigenvalue weighted by molar-refractivity contribution is 8.14. The van der Waals surface area contributed by atoms with E-state index in [1.807, 2.05) is 0 Å². The maximum Gasteiger partial charge on any atom is 0.316 e. The first-order valence-corrected chi connectivity index (χ1v) is 11.9. The molecule has 0 bridgehead atoms. The molecular formula is C24H25ClN2O6S. The number of aliphatic imine (C=N–C) groups is 1. The molecule has 1 N–H and O–H groups in total. The van der Waals surface area contributed by atoms with Gasteiger partial charge in [0.25, 0.3) is 5.91 Å². The van der Waals surface area contributed by atoms with Crippen molar-refractivity contribution < 1.29 is 28.9 Å². The van der Waals surface area contributed by atoms with Gasteiger partial charge in [0.2, 0.25) is 0 Å². The summed E-state index contributed by atoms with van der Waals surface area (Å²) >= 11 is 7.25. The lowest BCUT2D eigenvalue weighted by Gasteiger charge is -2.17. The van der Waals surface area contributed by atoms with Crippen LogP contribution >= 0.6 is 23.4 Å². The molecule has 0 unspecified atom stereocenters. The summed E-state index contributed by atoms with van der Waals surface area (Å²) in [4.78, 5) is 31.1. The molecule has 1 amide bonds. The number of anilines is 1. The van der Waals surface area contributed by atoms with Gasteiger partial charge in [0.05, 0.1) is 31.8 Å². The number of amidine groups is 1. The number of amides is 1. The number of hydrogen-bond donors (Lipinski definition) is 1. The molecule has 3 rings (SSSR count). The van der Waals surface area contributed by atoms with E-state index >= 15 is 0 Å². The molecule has 34 heavy (non-hydrogen) atoms. The highest BCUT2D eigenvalue weighted by Gasteiger charge is 2.32. The topological polar surface area (TPSA) is 97.7 Å². The molecule has 10 heteroatoms. The van der Waals surface area contributed by atoms with E-state index in [1.165, 1.54) is 12.0 Å². The lowest BCUT2D eigenvalue weighted by atomic mass is 10.1. The number of aliphatic hydroxyl groups excluding tert-OH is 1. The number of thioether (sulfide) groups is 1. The van der Waals surface area contributed by atoms with E-state index in [1.54, 1.807) is 55.5 Å². The van der Waals surface area contributed by atoms with Gasteiger partial charge < -0.3 is 19.3 Å². The Hall–Kier alpha value is -3.01. The van der Waals surface area contributed by atoms with Gasteiger partial charge >= 0.3 is 5.97 Å². The van der Waals surface area contributed by atoms with Crippen LogP contribution in [0.4, 0.5) is 5.69 Å². The minimum atomic E-state index is -0.396. The number of carbonyl (C=O) groups excluding carboxylic acids is 2. The van der Waals surface area contributed by atoms with E-state index in [-0.39, 0.29) is 30.6 Å². The van der Waals surface area contributed by atoms with Gasteiger partial charge in [-0.05, 0) is 48.9 Å². The Morgan fingerprint density at radius 1 is 1.24 bits per heavy atom. The molecule has 2 aromatic rings. The number of rotatable bonds is 10. The van der Waals surface area contributed by atoms with Gasteiger partial charge in [-0.1, -0.05) is 35.5 Å². The normalized spacial score (nSPS) is 14.4. The third kappa shape index (κ3) is 6.53. The van der Waals surface area contributed by atoms with Crippen LogP contribution in [0.25, 0.3) is 6.08 Å². The largest absolute Gasteiger partial charge is 0.493 e. The summed E-state index contributed by atoms with van der Waals surface area (Å²) in [5.41, 5.74) is 1.42. The lowest BCUT2D eigenvalue weighted by molar-refractivity contribution is -0.139. The first-order valence-electron chi connectivity index (χ1n) is 10.6. The number of benzene rings is 2. The Balaban J connectivity index is 1.90. The molecule has 0 fully saturated rings. The second-order valence-corrected chi connectivity index (χ2v) is 8.35. The van der Waals surface area contributed by atoms with Crippen molar-refractivity contribution in [1.82, 2.24) is 0 Å². The highest BCUT2D eigenvalue weighted by Crippen LogP contribution is 2.33. The van der Waals surface area contributed by atoms with Gasteiger partial charge in [-0.25, -0.2) is 4.99 Å². The standard InChI is InChI=1S/C24H25ClN2O6S/c1-3-32-22(29)15-34-24-26-19(23(30)27(24)18-7-4-6-17(25)14-18)12-16-8-9-20(21(13-16)31-2)33-11-5-10-28/h4,6-9,12-14,28H,3,5,10-11,15H2,1-2H3/b19-12-. The van der Waals surface area contributed by atoms with Crippen LogP contribution in [0.15, 0.2) is 53.2 Å². The molecule has 0 radical (unpaired) electrons. The van der Waals surface area contributed by atoms with Crippen molar-refractivity contribution in [3.8, 4) is 11.5 Å². The Kier molecular flexibility index (Phi) is 9.38. The number of hydrogen-bond acceptors (Lipinski definition) is 8. The number of esters is 1. The van der Waals surface area contributed by atoms with Crippen molar-refractivity contribution in [1.29, 1.82) is 0 Å². The maximum absolute atomic E-state index is 13.3. The fourth-order valence-corrected chi connectivity index (χ4v) is 4.06. The van der Waals surface area contributed by atoms with Crippen LogP contribution in [0.5, 0.6) is 11.5 Å². The van der Waals surface area contributed by atoms with Crippen molar-refractivity contribution in [2.24, 2.45) is 4.99 Å². The molecule has 1 aliphatic rings. The molecule has 0 atom stereocenters. The Bertz CT molecular complexity index is 1100. The third-order valence-electron chi connectivity index (χ3n) is 4.57. The van der Waals surface area contributed by atoms with Gasteiger partial charge in [-0.15, -0.1) is 0 Å². The van der Waals surface area contributed by atoms with Gasteiger partial charge in [0, 0.05) is 18.1 Å². The summed E-state index contributed by atoms with van der Waals surface area (Å²) in [7, 11) is 1.52. The predicted molar refractivity (Wildman–Crippen MR) is 134 cm³/mol. The molecule has 8 nitrogen and oxygen atoms in total. The van der Waals surface area contributed by atoms with Crippen LogP contribution in [-0.4, -0.2) is 54.8 Å².